The number of carbonyl (C=O) groups excluding carboxylic acids is 1. The highest BCUT2D eigenvalue weighted by atomic mass is 16.5. The predicted octanol–water partition coefficient (Wildman–Crippen LogP) is 2.03. The standard InChI is InChI=1S/C15H18N2O4/c1-17-12-8-10(5-6-13(12)21-15(17)19)16-14(18)9-11-4-2-3-7-20-11/h5-6,8,11H,2-4,7,9H2,1H3,(H,16,18). The van der Waals surface area contributed by atoms with Crippen LogP contribution in [0.5, 0.6) is 0 Å². The number of carbonyl (C=O) groups is 1. The van der Waals surface area contributed by atoms with Crippen LogP contribution in [0.15, 0.2) is 27.4 Å². The Labute approximate surface area is 121 Å². The molecule has 0 bridgehead atoms. The van der Waals surface area contributed by atoms with Crippen molar-refractivity contribution in [3.8, 4) is 0 Å². The summed E-state index contributed by atoms with van der Waals surface area (Å²) in [5, 5.41) is 2.84. The topological polar surface area (TPSA) is 73.5 Å². The van der Waals surface area contributed by atoms with E-state index in [2.05, 4.69) is 5.32 Å². The highest BCUT2D eigenvalue weighted by Crippen LogP contribution is 2.19. The summed E-state index contributed by atoms with van der Waals surface area (Å²) in [6.07, 6.45) is 3.50. The third-order valence-electron chi connectivity index (χ3n) is 3.76. The van der Waals surface area contributed by atoms with Crippen molar-refractivity contribution in [2.75, 3.05) is 11.9 Å². The Morgan fingerprint density at radius 2 is 2.29 bits per heavy atom. The van der Waals surface area contributed by atoms with E-state index in [1.54, 1.807) is 25.2 Å². The van der Waals surface area contributed by atoms with E-state index < -0.39 is 5.76 Å². The van der Waals surface area contributed by atoms with Crippen LogP contribution in [0.3, 0.4) is 0 Å². The highest BCUT2D eigenvalue weighted by molar-refractivity contribution is 5.93. The Balaban J connectivity index is 1.70. The normalized spacial score (nSPS) is 18.8. The Morgan fingerprint density at radius 3 is 3.05 bits per heavy atom. The molecule has 6 nitrogen and oxygen atoms in total. The third kappa shape index (κ3) is 3.00. The van der Waals surface area contributed by atoms with Crippen LogP contribution >= 0.6 is 0 Å². The Bertz CT molecular complexity index is 710. The minimum absolute atomic E-state index is 0.0146. The van der Waals surface area contributed by atoms with Crippen LogP contribution < -0.4 is 11.1 Å². The van der Waals surface area contributed by atoms with Crippen molar-refractivity contribution in [3.05, 3.63) is 28.7 Å². The summed E-state index contributed by atoms with van der Waals surface area (Å²) in [4.78, 5) is 23.5. The molecule has 1 saturated heterocycles. The van der Waals surface area contributed by atoms with Gasteiger partial charge in [-0.05, 0) is 37.5 Å². The van der Waals surface area contributed by atoms with Crippen LogP contribution in [0, 0.1) is 0 Å². The maximum atomic E-state index is 12.0. The van der Waals surface area contributed by atoms with Crippen molar-refractivity contribution in [2.45, 2.75) is 31.8 Å². The van der Waals surface area contributed by atoms with Gasteiger partial charge in [0.15, 0.2) is 5.58 Å². The number of anilines is 1. The molecule has 2 heterocycles. The van der Waals surface area contributed by atoms with Crippen LogP contribution in [-0.4, -0.2) is 23.2 Å². The molecule has 0 saturated carbocycles. The van der Waals surface area contributed by atoms with Crippen LogP contribution in [0.1, 0.15) is 25.7 Å². The molecule has 1 fully saturated rings. The third-order valence-corrected chi connectivity index (χ3v) is 3.76. The molecule has 1 aliphatic heterocycles. The number of nitrogens with one attached hydrogen (secondary N) is 1. The number of amides is 1. The van der Waals surface area contributed by atoms with Crippen molar-refractivity contribution in [3.63, 3.8) is 0 Å². The molecule has 1 atom stereocenters. The van der Waals surface area contributed by atoms with E-state index in [9.17, 15) is 9.59 Å². The summed E-state index contributed by atoms with van der Waals surface area (Å²) in [6.45, 7) is 0.737. The zero-order valence-electron chi connectivity index (χ0n) is 11.9. The number of benzene rings is 1. The summed E-state index contributed by atoms with van der Waals surface area (Å²) in [6, 6.07) is 5.15. The van der Waals surface area contributed by atoms with E-state index in [4.69, 9.17) is 9.15 Å². The number of ether oxygens (including phenoxy) is 1. The van der Waals surface area contributed by atoms with Gasteiger partial charge in [0, 0.05) is 19.3 Å². The Morgan fingerprint density at radius 1 is 1.43 bits per heavy atom. The van der Waals surface area contributed by atoms with Crippen molar-refractivity contribution in [1.82, 2.24) is 4.57 Å². The minimum Gasteiger partial charge on any atom is -0.408 e. The fourth-order valence-corrected chi connectivity index (χ4v) is 2.59. The number of fused-ring (bicyclic) bond motifs is 1. The summed E-state index contributed by atoms with van der Waals surface area (Å²) < 4.78 is 12.0. The first kappa shape index (κ1) is 13.9. The maximum absolute atomic E-state index is 12.0. The predicted molar refractivity (Wildman–Crippen MR) is 78.3 cm³/mol. The lowest BCUT2D eigenvalue weighted by atomic mass is 10.1. The van der Waals surface area contributed by atoms with E-state index in [0.717, 1.165) is 25.9 Å². The van der Waals surface area contributed by atoms with E-state index in [-0.39, 0.29) is 12.0 Å². The van der Waals surface area contributed by atoms with Gasteiger partial charge in [-0.2, -0.15) is 0 Å². The largest absolute Gasteiger partial charge is 0.419 e. The van der Waals surface area contributed by atoms with Crippen molar-refractivity contribution in [1.29, 1.82) is 0 Å². The van der Waals surface area contributed by atoms with Gasteiger partial charge in [0.2, 0.25) is 5.91 Å². The SMILES string of the molecule is Cn1c(=O)oc2ccc(NC(=O)CC3CCCCO3)cc21. The van der Waals surface area contributed by atoms with Gasteiger partial charge in [-0.1, -0.05) is 0 Å². The first-order valence-corrected chi connectivity index (χ1v) is 7.14. The zero-order chi connectivity index (χ0) is 14.8. The lowest BCUT2D eigenvalue weighted by Crippen LogP contribution is -2.25. The monoisotopic (exact) mass is 290 g/mol. The Hall–Kier alpha value is -2.08. The number of nitrogens with zero attached hydrogens (tertiary/aromatic N) is 1. The molecule has 3 rings (SSSR count). The summed E-state index contributed by atoms with van der Waals surface area (Å²) in [5.41, 5.74) is 1.82. The number of rotatable bonds is 3. The number of hydrogen-bond donors (Lipinski definition) is 1. The number of oxazole rings is 1. The van der Waals surface area contributed by atoms with Gasteiger partial charge in [0.1, 0.15) is 0 Å². The summed E-state index contributed by atoms with van der Waals surface area (Å²) in [7, 11) is 1.63. The highest BCUT2D eigenvalue weighted by Gasteiger charge is 2.18. The second-order valence-electron chi connectivity index (χ2n) is 5.35. The second kappa shape index (κ2) is 5.73. The van der Waals surface area contributed by atoms with Crippen molar-refractivity contribution >= 4 is 22.7 Å². The van der Waals surface area contributed by atoms with Crippen LogP contribution in [-0.2, 0) is 16.6 Å². The van der Waals surface area contributed by atoms with Gasteiger partial charge in [-0.25, -0.2) is 4.79 Å². The minimum atomic E-state index is -0.413. The van der Waals surface area contributed by atoms with Crippen LogP contribution in [0.2, 0.25) is 0 Å². The summed E-state index contributed by atoms with van der Waals surface area (Å²) in [5.74, 6) is -0.487. The van der Waals surface area contributed by atoms with Gasteiger partial charge >= 0.3 is 5.76 Å². The lowest BCUT2D eigenvalue weighted by Gasteiger charge is -2.21. The average Bonchev–Trinajstić information content (AvgIpc) is 2.75. The molecular weight excluding hydrogens is 272 g/mol. The number of hydrogen-bond acceptors (Lipinski definition) is 4. The molecule has 1 unspecified atom stereocenters. The molecule has 21 heavy (non-hydrogen) atoms. The molecule has 0 aliphatic carbocycles. The number of aryl methyl sites for hydroxylation is 1. The zero-order valence-corrected chi connectivity index (χ0v) is 11.9. The molecule has 1 N–H and O–H groups in total. The molecule has 1 aromatic carbocycles. The van der Waals surface area contributed by atoms with Crippen molar-refractivity contribution < 1.29 is 13.9 Å². The van der Waals surface area contributed by atoms with Gasteiger partial charge in [0.25, 0.3) is 0 Å². The maximum Gasteiger partial charge on any atom is 0.419 e. The first-order valence-electron chi connectivity index (χ1n) is 7.14. The molecule has 112 valence electrons. The molecule has 0 spiro atoms. The quantitative estimate of drug-likeness (QED) is 0.938. The molecule has 2 aromatic rings. The molecule has 1 aliphatic rings. The Kier molecular flexibility index (Phi) is 3.79. The fraction of sp³-hybridized carbons (Fsp3) is 0.467. The van der Waals surface area contributed by atoms with E-state index in [1.165, 1.54) is 4.57 Å². The second-order valence-corrected chi connectivity index (χ2v) is 5.35. The number of aromatic nitrogens is 1. The average molecular weight is 290 g/mol. The molecule has 0 radical (unpaired) electrons. The molecule has 1 aromatic heterocycles. The van der Waals surface area contributed by atoms with Gasteiger partial charge in [0.05, 0.1) is 18.0 Å². The molecule has 6 heteroatoms. The summed E-state index contributed by atoms with van der Waals surface area (Å²) >= 11 is 0. The lowest BCUT2D eigenvalue weighted by molar-refractivity contribution is -0.119. The van der Waals surface area contributed by atoms with Crippen molar-refractivity contribution in [2.24, 2.45) is 7.05 Å². The van der Waals surface area contributed by atoms with Crippen LogP contribution in [0.25, 0.3) is 11.1 Å². The molecular formula is C15H18N2O4. The smallest absolute Gasteiger partial charge is 0.408 e. The van der Waals surface area contributed by atoms with Gasteiger partial charge < -0.3 is 14.5 Å². The van der Waals surface area contributed by atoms with Gasteiger partial charge in [-0.15, -0.1) is 0 Å². The van der Waals surface area contributed by atoms with Gasteiger partial charge in [-0.3, -0.25) is 9.36 Å². The molecule has 1 amide bonds. The van der Waals surface area contributed by atoms with E-state index >= 15 is 0 Å². The van der Waals surface area contributed by atoms with E-state index in [0.29, 0.717) is 23.2 Å². The first-order chi connectivity index (χ1) is 10.1. The fourth-order valence-electron chi connectivity index (χ4n) is 2.59. The van der Waals surface area contributed by atoms with E-state index in [1.807, 2.05) is 0 Å². The van der Waals surface area contributed by atoms with Crippen LogP contribution in [0.4, 0.5) is 5.69 Å².